The second-order valence-electron chi connectivity index (χ2n) is 9.44. The largest absolute Gasteiger partial charge is 0.384 e. The van der Waals surface area contributed by atoms with Crippen LogP contribution in [0.15, 0.2) is 102 Å². The summed E-state index contributed by atoms with van der Waals surface area (Å²) >= 11 is 6.34. The van der Waals surface area contributed by atoms with E-state index in [1.54, 1.807) is 6.07 Å². The molecule has 0 amide bonds. The van der Waals surface area contributed by atoms with Gasteiger partial charge in [0, 0.05) is 48.2 Å². The van der Waals surface area contributed by atoms with Gasteiger partial charge in [-0.3, -0.25) is 9.69 Å². The lowest BCUT2D eigenvalue weighted by atomic mass is 9.72. The molecule has 3 aromatic carbocycles. The molecule has 0 bridgehead atoms. The molecule has 0 aromatic heterocycles. The zero-order valence-electron chi connectivity index (χ0n) is 20.3. The van der Waals surface area contributed by atoms with Gasteiger partial charge in [0.2, 0.25) is 0 Å². The van der Waals surface area contributed by atoms with Crippen LogP contribution in [0.2, 0.25) is 5.02 Å². The highest BCUT2D eigenvalue weighted by molar-refractivity contribution is 6.30. The van der Waals surface area contributed by atoms with Gasteiger partial charge in [-0.25, -0.2) is 0 Å². The van der Waals surface area contributed by atoms with Crippen LogP contribution in [-0.2, 0) is 4.79 Å². The van der Waals surface area contributed by atoms with E-state index in [9.17, 15) is 10.1 Å². The van der Waals surface area contributed by atoms with Crippen LogP contribution < -0.4 is 15.5 Å². The number of halogens is 1. The van der Waals surface area contributed by atoms with Crippen molar-refractivity contribution in [1.82, 2.24) is 0 Å². The summed E-state index contributed by atoms with van der Waals surface area (Å²) in [4.78, 5) is 17.8. The van der Waals surface area contributed by atoms with E-state index >= 15 is 0 Å². The number of carbonyl (C=O) groups excluding carboxylic acids is 1. The Bertz CT molecular complexity index is 1420. The summed E-state index contributed by atoms with van der Waals surface area (Å²) in [5, 5.41) is 10.8. The molecule has 0 saturated carbocycles. The lowest BCUT2D eigenvalue weighted by Gasteiger charge is -2.41. The fourth-order valence-corrected chi connectivity index (χ4v) is 5.48. The molecule has 5 nitrogen and oxygen atoms in total. The fourth-order valence-electron chi connectivity index (χ4n) is 5.30. The summed E-state index contributed by atoms with van der Waals surface area (Å²) in [7, 11) is 3.96. The number of nitrogens with two attached hydrogens (primary N) is 1. The third kappa shape index (κ3) is 4.14. The molecule has 0 unspecified atom stereocenters. The molecule has 2 N–H and O–H groups in total. The second kappa shape index (κ2) is 9.56. The number of allylic oxidation sites excluding steroid dienone is 3. The fraction of sp³-hybridized carbons (Fsp3) is 0.200. The van der Waals surface area contributed by atoms with Crippen LogP contribution in [0.4, 0.5) is 11.4 Å². The minimum atomic E-state index is -0.513. The van der Waals surface area contributed by atoms with Gasteiger partial charge in [-0.15, -0.1) is 0 Å². The normalized spacial score (nSPS) is 19.7. The van der Waals surface area contributed by atoms with Crippen LogP contribution in [0.3, 0.4) is 0 Å². The predicted octanol–water partition coefficient (Wildman–Crippen LogP) is 6.10. The molecule has 0 radical (unpaired) electrons. The lowest BCUT2D eigenvalue weighted by Crippen LogP contribution is -2.40. The molecule has 3 aromatic rings. The van der Waals surface area contributed by atoms with Crippen molar-refractivity contribution >= 4 is 28.8 Å². The average molecular weight is 495 g/mol. The maximum absolute atomic E-state index is 13.9. The summed E-state index contributed by atoms with van der Waals surface area (Å²) < 4.78 is 0. The van der Waals surface area contributed by atoms with Crippen LogP contribution in [0.5, 0.6) is 0 Å². The van der Waals surface area contributed by atoms with Crippen molar-refractivity contribution in [2.45, 2.75) is 24.7 Å². The van der Waals surface area contributed by atoms with Crippen LogP contribution in [-0.4, -0.2) is 19.9 Å². The number of ketones is 1. The van der Waals surface area contributed by atoms with E-state index in [0.29, 0.717) is 34.8 Å². The molecule has 2 atom stereocenters. The Kier molecular flexibility index (Phi) is 6.30. The first-order valence-corrected chi connectivity index (χ1v) is 12.3. The highest BCUT2D eigenvalue weighted by atomic mass is 35.5. The summed E-state index contributed by atoms with van der Waals surface area (Å²) in [5.41, 5.74) is 12.4. The standard InChI is InChI=1S/C30H27ClN4O/c1-34(2)23-13-11-20(12-14-23)28-25(18-32)30(33)35(24-10-6-9-22(31)17-24)26-15-21(16-27(36)29(26)28)19-7-4-3-5-8-19/h3-14,17,21,28H,15-16,33H2,1-2H3/t21-,28+/m0/s1. The van der Waals surface area contributed by atoms with Gasteiger partial charge in [-0.2, -0.15) is 5.26 Å². The number of benzene rings is 3. The maximum atomic E-state index is 13.9. The van der Waals surface area contributed by atoms with E-state index in [1.807, 2.05) is 84.6 Å². The van der Waals surface area contributed by atoms with E-state index in [-0.39, 0.29) is 11.7 Å². The molecule has 1 aliphatic carbocycles. The number of anilines is 2. The third-order valence-corrected chi connectivity index (χ3v) is 7.28. The third-order valence-electron chi connectivity index (χ3n) is 7.05. The highest BCUT2D eigenvalue weighted by Gasteiger charge is 2.42. The van der Waals surface area contributed by atoms with Gasteiger partial charge in [-0.05, 0) is 53.8 Å². The SMILES string of the molecule is CN(C)c1ccc([C@@H]2C(C#N)=C(N)N(c3cccc(Cl)c3)C3=C2C(=O)C[C@@H](c2ccccc2)C3)cc1. The van der Waals surface area contributed by atoms with Crippen molar-refractivity contribution in [2.75, 3.05) is 23.9 Å². The van der Waals surface area contributed by atoms with E-state index < -0.39 is 5.92 Å². The Morgan fingerprint density at radius 2 is 1.69 bits per heavy atom. The molecule has 1 aliphatic heterocycles. The van der Waals surface area contributed by atoms with Crippen molar-refractivity contribution in [3.8, 4) is 6.07 Å². The number of hydrogen-bond donors (Lipinski definition) is 1. The van der Waals surface area contributed by atoms with Crippen molar-refractivity contribution < 1.29 is 4.79 Å². The minimum Gasteiger partial charge on any atom is -0.384 e. The summed E-state index contributed by atoms with van der Waals surface area (Å²) in [6.07, 6.45) is 1.01. The monoisotopic (exact) mass is 494 g/mol. The maximum Gasteiger partial charge on any atom is 0.162 e. The van der Waals surface area contributed by atoms with Crippen LogP contribution >= 0.6 is 11.6 Å². The molecule has 5 rings (SSSR count). The molecule has 0 fully saturated rings. The number of rotatable bonds is 4. The molecular weight excluding hydrogens is 468 g/mol. The zero-order valence-corrected chi connectivity index (χ0v) is 21.0. The Balaban J connectivity index is 1.71. The smallest absolute Gasteiger partial charge is 0.162 e. The lowest BCUT2D eigenvalue weighted by molar-refractivity contribution is -0.116. The van der Waals surface area contributed by atoms with Gasteiger partial charge < -0.3 is 10.6 Å². The Labute approximate surface area is 216 Å². The highest BCUT2D eigenvalue weighted by Crippen LogP contribution is 2.49. The predicted molar refractivity (Wildman–Crippen MR) is 145 cm³/mol. The van der Waals surface area contributed by atoms with Crippen LogP contribution in [0.1, 0.15) is 35.8 Å². The van der Waals surface area contributed by atoms with E-state index in [0.717, 1.165) is 28.2 Å². The number of Topliss-reactive ketones (excluding diaryl/α,β-unsaturated/α-hetero) is 1. The zero-order chi connectivity index (χ0) is 25.4. The number of carbonyl (C=O) groups is 1. The molecule has 36 heavy (non-hydrogen) atoms. The number of nitrogens with zero attached hydrogens (tertiary/aromatic N) is 3. The van der Waals surface area contributed by atoms with Gasteiger partial charge >= 0.3 is 0 Å². The van der Waals surface area contributed by atoms with Gasteiger partial charge in [0.1, 0.15) is 5.82 Å². The molecular formula is C30H27ClN4O. The first-order valence-electron chi connectivity index (χ1n) is 11.9. The number of hydrogen-bond acceptors (Lipinski definition) is 5. The van der Waals surface area contributed by atoms with Gasteiger partial charge in [0.25, 0.3) is 0 Å². The Morgan fingerprint density at radius 1 is 0.972 bits per heavy atom. The van der Waals surface area contributed by atoms with Crippen LogP contribution in [0.25, 0.3) is 0 Å². The van der Waals surface area contributed by atoms with Crippen molar-refractivity contribution in [3.63, 3.8) is 0 Å². The summed E-state index contributed by atoms with van der Waals surface area (Å²) in [6.45, 7) is 0. The van der Waals surface area contributed by atoms with Gasteiger partial charge in [0.15, 0.2) is 5.78 Å². The first-order chi connectivity index (χ1) is 17.4. The summed E-state index contributed by atoms with van der Waals surface area (Å²) in [5.74, 6) is -0.117. The minimum absolute atomic E-state index is 0.0207. The van der Waals surface area contributed by atoms with Gasteiger partial charge in [-0.1, -0.05) is 60.1 Å². The van der Waals surface area contributed by atoms with Gasteiger partial charge in [0.05, 0.1) is 17.6 Å². The summed E-state index contributed by atoms with van der Waals surface area (Å²) in [6, 6.07) is 27.8. The quantitative estimate of drug-likeness (QED) is 0.474. The van der Waals surface area contributed by atoms with E-state index in [2.05, 4.69) is 18.2 Å². The van der Waals surface area contributed by atoms with Crippen molar-refractivity contribution in [1.29, 1.82) is 5.26 Å². The first kappa shape index (κ1) is 23.7. The topological polar surface area (TPSA) is 73.4 Å². The molecule has 0 saturated heterocycles. The van der Waals surface area contributed by atoms with Crippen LogP contribution in [0, 0.1) is 11.3 Å². The average Bonchev–Trinajstić information content (AvgIpc) is 2.88. The Hall–Kier alpha value is -4.01. The Morgan fingerprint density at radius 3 is 2.33 bits per heavy atom. The number of nitriles is 1. The van der Waals surface area contributed by atoms with Crippen molar-refractivity contribution in [3.05, 3.63) is 118 Å². The molecule has 2 aliphatic rings. The molecule has 180 valence electrons. The molecule has 1 heterocycles. The second-order valence-corrected chi connectivity index (χ2v) is 9.88. The van der Waals surface area contributed by atoms with E-state index in [1.165, 1.54) is 0 Å². The molecule has 0 spiro atoms. The van der Waals surface area contributed by atoms with Crippen molar-refractivity contribution in [2.24, 2.45) is 5.73 Å². The van der Waals surface area contributed by atoms with E-state index in [4.69, 9.17) is 17.3 Å². The molecule has 6 heteroatoms.